The van der Waals surface area contributed by atoms with Crippen molar-refractivity contribution in [2.24, 2.45) is 9.98 Å². The molecule has 2 heterocycles. The van der Waals surface area contributed by atoms with Crippen LogP contribution in [-0.4, -0.2) is 44.4 Å². The van der Waals surface area contributed by atoms with E-state index in [1.54, 1.807) is 24.0 Å². The number of nitrogens with two attached hydrogens (primary N) is 1. The molecular weight excluding hydrogens is 312 g/mol. The van der Waals surface area contributed by atoms with Gasteiger partial charge in [-0.1, -0.05) is 0 Å². The first-order chi connectivity index (χ1) is 10.0. The Balaban J connectivity index is 1.82. The number of nitrogens with zero attached hydrogens (tertiary/aromatic N) is 3. The van der Waals surface area contributed by atoms with E-state index in [4.69, 9.17) is 5.73 Å². The molecule has 0 aliphatic carbocycles. The number of hydrogen-bond donors (Lipinski definition) is 3. The number of amidine groups is 2. The van der Waals surface area contributed by atoms with Crippen LogP contribution in [0.5, 0.6) is 0 Å². The minimum Gasteiger partial charge on any atom is -0.397 e. The minimum absolute atomic E-state index is 0.231. The summed E-state index contributed by atoms with van der Waals surface area (Å²) < 4.78 is 27.2. The number of aliphatic imine (C=N–C) groups is 2. The highest BCUT2D eigenvalue weighted by Crippen LogP contribution is 2.15. The lowest BCUT2D eigenvalue weighted by molar-refractivity contribution is 0.591. The number of nitrogen functional groups attached to an aromatic ring is 1. The van der Waals surface area contributed by atoms with Gasteiger partial charge in [-0.05, 0) is 12.1 Å². The van der Waals surface area contributed by atoms with Crippen LogP contribution in [-0.2, 0) is 16.0 Å². The van der Waals surface area contributed by atoms with Gasteiger partial charge in [-0.2, -0.15) is 20.2 Å². The third-order valence-electron chi connectivity index (χ3n) is 2.58. The molecule has 0 saturated carbocycles. The van der Waals surface area contributed by atoms with Crippen molar-refractivity contribution in [1.29, 1.82) is 0 Å². The Bertz CT molecular complexity index is 671. The third kappa shape index (κ3) is 4.33. The van der Waals surface area contributed by atoms with Gasteiger partial charge in [0, 0.05) is 24.8 Å². The molecule has 0 spiro atoms. The molecule has 10 heteroatoms. The molecule has 1 fully saturated rings. The fourth-order valence-corrected chi connectivity index (χ4v) is 3.31. The van der Waals surface area contributed by atoms with Gasteiger partial charge in [0.15, 0.2) is 11.7 Å². The van der Waals surface area contributed by atoms with E-state index in [1.807, 2.05) is 6.07 Å². The average molecular weight is 328 g/mol. The van der Waals surface area contributed by atoms with Crippen molar-refractivity contribution < 1.29 is 8.42 Å². The molecule has 0 aromatic carbocycles. The van der Waals surface area contributed by atoms with Gasteiger partial charge in [-0.3, -0.25) is 15.0 Å². The van der Waals surface area contributed by atoms with Crippen LogP contribution in [0.25, 0.3) is 0 Å². The number of thioether (sulfide) groups is 1. The molecule has 0 unspecified atom stereocenters. The SMILES string of the molecule is CN=C1NS(=O)(=O)NC1=NCCSCc1ncccc1N. The second kappa shape index (κ2) is 6.76. The lowest BCUT2D eigenvalue weighted by Crippen LogP contribution is -2.24. The van der Waals surface area contributed by atoms with Gasteiger partial charge in [0.05, 0.1) is 17.9 Å². The summed E-state index contributed by atoms with van der Waals surface area (Å²) in [6.07, 6.45) is 1.70. The highest BCUT2D eigenvalue weighted by molar-refractivity contribution is 7.98. The predicted molar refractivity (Wildman–Crippen MR) is 85.7 cm³/mol. The maximum absolute atomic E-state index is 11.3. The first kappa shape index (κ1) is 15.6. The molecule has 1 aromatic rings. The van der Waals surface area contributed by atoms with E-state index in [0.29, 0.717) is 18.0 Å². The molecule has 1 aliphatic rings. The standard InChI is InChI=1S/C11H16N6O2S2/c1-13-10-11(17-21(18,19)16-10)15-5-6-20-7-9-8(12)3-2-4-14-9/h2-4H,5-7,12H2,1H3,(H,13,16)(H,15,17). The molecule has 2 rings (SSSR count). The quantitative estimate of drug-likeness (QED) is 0.644. The largest absolute Gasteiger partial charge is 0.397 e. The number of aromatic nitrogens is 1. The summed E-state index contributed by atoms with van der Waals surface area (Å²) >= 11 is 1.63. The lowest BCUT2D eigenvalue weighted by atomic mass is 10.3. The topological polar surface area (TPSA) is 122 Å². The molecule has 1 aromatic heterocycles. The smallest absolute Gasteiger partial charge is 0.324 e. The van der Waals surface area contributed by atoms with E-state index < -0.39 is 10.2 Å². The second-order valence-corrected chi connectivity index (χ2v) is 6.62. The Morgan fingerprint density at radius 1 is 1.38 bits per heavy atom. The molecule has 0 atom stereocenters. The fourth-order valence-electron chi connectivity index (χ4n) is 1.60. The Hall–Kier alpha value is -1.81. The molecule has 1 saturated heterocycles. The van der Waals surface area contributed by atoms with Gasteiger partial charge in [-0.25, -0.2) is 9.44 Å². The third-order valence-corrected chi connectivity index (χ3v) is 4.45. The number of hydrogen-bond acceptors (Lipinski definition) is 7. The Labute approximate surface area is 127 Å². The zero-order chi connectivity index (χ0) is 15.3. The molecule has 1 aliphatic heterocycles. The summed E-state index contributed by atoms with van der Waals surface area (Å²) in [7, 11) is -2.04. The lowest BCUT2D eigenvalue weighted by Gasteiger charge is -2.03. The summed E-state index contributed by atoms with van der Waals surface area (Å²) in [5.74, 6) is 1.89. The van der Waals surface area contributed by atoms with E-state index in [2.05, 4.69) is 24.4 Å². The molecule has 4 N–H and O–H groups in total. The minimum atomic E-state index is -3.54. The molecule has 0 amide bonds. The van der Waals surface area contributed by atoms with Crippen molar-refractivity contribution in [2.75, 3.05) is 25.1 Å². The van der Waals surface area contributed by atoms with Crippen molar-refractivity contribution in [3.63, 3.8) is 0 Å². The zero-order valence-corrected chi connectivity index (χ0v) is 13.0. The second-order valence-electron chi connectivity index (χ2n) is 4.10. The summed E-state index contributed by atoms with van der Waals surface area (Å²) in [6.45, 7) is 0.468. The van der Waals surface area contributed by atoms with Crippen molar-refractivity contribution in [3.05, 3.63) is 24.0 Å². The van der Waals surface area contributed by atoms with Gasteiger partial charge in [0.2, 0.25) is 0 Å². The van der Waals surface area contributed by atoms with Crippen LogP contribution >= 0.6 is 11.8 Å². The van der Waals surface area contributed by atoms with Gasteiger partial charge in [0.25, 0.3) is 0 Å². The van der Waals surface area contributed by atoms with Crippen molar-refractivity contribution in [1.82, 2.24) is 14.4 Å². The fraction of sp³-hybridized carbons (Fsp3) is 0.364. The van der Waals surface area contributed by atoms with Gasteiger partial charge < -0.3 is 5.73 Å². The maximum Gasteiger partial charge on any atom is 0.324 e. The molecule has 8 nitrogen and oxygen atoms in total. The normalized spacial score (nSPS) is 20.4. The van der Waals surface area contributed by atoms with Crippen molar-refractivity contribution in [3.8, 4) is 0 Å². The van der Waals surface area contributed by atoms with Crippen LogP contribution in [0, 0.1) is 0 Å². The number of rotatable bonds is 5. The Morgan fingerprint density at radius 2 is 2.14 bits per heavy atom. The van der Waals surface area contributed by atoms with E-state index in [-0.39, 0.29) is 11.7 Å². The van der Waals surface area contributed by atoms with Crippen molar-refractivity contribution in [2.45, 2.75) is 5.75 Å². The molecule has 21 heavy (non-hydrogen) atoms. The predicted octanol–water partition coefficient (Wildman–Crippen LogP) is -0.239. The molecule has 114 valence electrons. The number of pyridine rings is 1. The van der Waals surface area contributed by atoms with Crippen LogP contribution in [0.3, 0.4) is 0 Å². The maximum atomic E-state index is 11.3. The van der Waals surface area contributed by atoms with Crippen LogP contribution in [0.4, 0.5) is 5.69 Å². The van der Waals surface area contributed by atoms with Gasteiger partial charge >= 0.3 is 10.2 Å². The number of nitrogens with one attached hydrogen (secondary N) is 2. The molecule has 0 radical (unpaired) electrons. The highest BCUT2D eigenvalue weighted by atomic mass is 32.2. The number of anilines is 1. The summed E-state index contributed by atoms with van der Waals surface area (Å²) in [5.41, 5.74) is 7.31. The van der Waals surface area contributed by atoms with E-state index in [1.165, 1.54) is 7.05 Å². The van der Waals surface area contributed by atoms with Gasteiger partial charge in [-0.15, -0.1) is 0 Å². The monoisotopic (exact) mass is 328 g/mol. The Morgan fingerprint density at radius 3 is 2.86 bits per heavy atom. The van der Waals surface area contributed by atoms with Crippen LogP contribution in [0.15, 0.2) is 28.3 Å². The van der Waals surface area contributed by atoms with E-state index >= 15 is 0 Å². The molecule has 0 bridgehead atoms. The van der Waals surface area contributed by atoms with Crippen LogP contribution in [0.2, 0.25) is 0 Å². The first-order valence-electron chi connectivity index (χ1n) is 6.11. The van der Waals surface area contributed by atoms with Gasteiger partial charge in [0.1, 0.15) is 0 Å². The Kier molecular flexibility index (Phi) is 5.02. The zero-order valence-electron chi connectivity index (χ0n) is 11.4. The summed E-state index contributed by atoms with van der Waals surface area (Å²) in [5, 5.41) is 0. The highest BCUT2D eigenvalue weighted by Gasteiger charge is 2.27. The summed E-state index contributed by atoms with van der Waals surface area (Å²) in [4.78, 5) is 12.2. The molecular formula is C11H16N6O2S2. The van der Waals surface area contributed by atoms with E-state index in [0.717, 1.165) is 11.4 Å². The van der Waals surface area contributed by atoms with Crippen LogP contribution in [0.1, 0.15) is 5.69 Å². The summed E-state index contributed by atoms with van der Waals surface area (Å²) in [6, 6.07) is 3.60. The van der Waals surface area contributed by atoms with E-state index in [9.17, 15) is 8.42 Å². The van der Waals surface area contributed by atoms with Crippen LogP contribution < -0.4 is 15.2 Å². The van der Waals surface area contributed by atoms with Crippen molar-refractivity contribution >= 4 is 39.3 Å². The average Bonchev–Trinajstić information content (AvgIpc) is 2.75. The first-order valence-corrected chi connectivity index (χ1v) is 8.75.